The molecule has 3 nitrogen and oxygen atoms in total. The SMILES string of the molecule is CC(C1CC1)N(C)C(=O)c1sc2cccc(Br)c2c1N. The Morgan fingerprint density at radius 3 is 2.80 bits per heavy atom. The van der Waals surface area contributed by atoms with Crippen LogP contribution in [0.1, 0.15) is 29.4 Å². The van der Waals surface area contributed by atoms with Crippen LogP contribution in [-0.2, 0) is 0 Å². The van der Waals surface area contributed by atoms with Crippen LogP contribution < -0.4 is 5.73 Å². The molecule has 0 aliphatic heterocycles. The lowest BCUT2D eigenvalue weighted by atomic mass is 10.1. The van der Waals surface area contributed by atoms with E-state index < -0.39 is 0 Å². The topological polar surface area (TPSA) is 46.3 Å². The number of nitrogens with zero attached hydrogens (tertiary/aromatic N) is 1. The Bertz CT molecular complexity index is 678. The molecule has 1 fully saturated rings. The third-order valence-electron chi connectivity index (χ3n) is 4.13. The van der Waals surface area contributed by atoms with Gasteiger partial charge in [-0.2, -0.15) is 0 Å². The molecule has 1 atom stereocenters. The summed E-state index contributed by atoms with van der Waals surface area (Å²) in [6.45, 7) is 2.12. The van der Waals surface area contributed by atoms with Crippen LogP contribution in [0.2, 0.25) is 0 Å². The van der Waals surface area contributed by atoms with Crippen molar-refractivity contribution in [1.82, 2.24) is 4.90 Å². The quantitative estimate of drug-likeness (QED) is 0.902. The number of anilines is 1. The van der Waals surface area contributed by atoms with E-state index in [1.54, 1.807) is 0 Å². The van der Waals surface area contributed by atoms with Gasteiger partial charge in [0, 0.05) is 27.6 Å². The number of thiophene rings is 1. The molecule has 20 heavy (non-hydrogen) atoms. The zero-order valence-electron chi connectivity index (χ0n) is 11.5. The first-order chi connectivity index (χ1) is 9.50. The molecule has 3 rings (SSSR count). The van der Waals surface area contributed by atoms with Gasteiger partial charge in [-0.3, -0.25) is 4.79 Å². The lowest BCUT2D eigenvalue weighted by Crippen LogP contribution is -2.36. The predicted molar refractivity (Wildman–Crippen MR) is 88.2 cm³/mol. The van der Waals surface area contributed by atoms with Gasteiger partial charge < -0.3 is 10.6 Å². The Labute approximate surface area is 130 Å². The van der Waals surface area contributed by atoms with Crippen LogP contribution in [0.25, 0.3) is 10.1 Å². The number of hydrogen-bond donors (Lipinski definition) is 1. The second-order valence-electron chi connectivity index (χ2n) is 5.45. The van der Waals surface area contributed by atoms with Gasteiger partial charge in [-0.25, -0.2) is 0 Å². The third kappa shape index (κ3) is 2.23. The maximum Gasteiger partial charge on any atom is 0.266 e. The van der Waals surface area contributed by atoms with Crippen molar-refractivity contribution in [2.45, 2.75) is 25.8 Å². The van der Waals surface area contributed by atoms with Gasteiger partial charge in [-0.15, -0.1) is 11.3 Å². The molecule has 1 heterocycles. The lowest BCUT2D eigenvalue weighted by molar-refractivity contribution is 0.0733. The number of fused-ring (bicyclic) bond motifs is 1. The summed E-state index contributed by atoms with van der Waals surface area (Å²) in [5, 5.41) is 0.952. The summed E-state index contributed by atoms with van der Waals surface area (Å²) in [4.78, 5) is 15.2. The minimum atomic E-state index is 0.0370. The smallest absolute Gasteiger partial charge is 0.266 e. The summed E-state index contributed by atoms with van der Waals surface area (Å²) in [5.41, 5.74) is 6.80. The van der Waals surface area contributed by atoms with Crippen molar-refractivity contribution >= 4 is 48.9 Å². The molecule has 1 aromatic carbocycles. The van der Waals surface area contributed by atoms with Crippen molar-refractivity contribution in [1.29, 1.82) is 0 Å². The number of carbonyl (C=O) groups is 1. The van der Waals surface area contributed by atoms with E-state index in [9.17, 15) is 4.79 Å². The Morgan fingerprint density at radius 1 is 1.50 bits per heavy atom. The summed E-state index contributed by atoms with van der Waals surface area (Å²) >= 11 is 4.99. The zero-order chi connectivity index (χ0) is 14.4. The van der Waals surface area contributed by atoms with Crippen LogP contribution in [0.4, 0.5) is 5.69 Å². The lowest BCUT2D eigenvalue weighted by Gasteiger charge is -2.24. The number of amides is 1. The van der Waals surface area contributed by atoms with E-state index in [0.717, 1.165) is 14.6 Å². The highest BCUT2D eigenvalue weighted by molar-refractivity contribution is 9.10. The molecule has 1 aliphatic carbocycles. The molecule has 1 unspecified atom stereocenters. The molecule has 1 aromatic heterocycles. The number of hydrogen-bond acceptors (Lipinski definition) is 3. The second kappa shape index (κ2) is 5.04. The average Bonchev–Trinajstić information content (AvgIpc) is 3.21. The molecule has 5 heteroatoms. The molecular formula is C15H17BrN2OS. The van der Waals surface area contributed by atoms with E-state index in [1.165, 1.54) is 24.2 Å². The zero-order valence-corrected chi connectivity index (χ0v) is 13.9. The first-order valence-corrected chi connectivity index (χ1v) is 8.35. The summed E-state index contributed by atoms with van der Waals surface area (Å²) in [5.74, 6) is 0.696. The van der Waals surface area contributed by atoms with Gasteiger partial charge >= 0.3 is 0 Å². The highest BCUT2D eigenvalue weighted by Crippen LogP contribution is 2.40. The fourth-order valence-corrected chi connectivity index (χ4v) is 4.37. The monoisotopic (exact) mass is 352 g/mol. The van der Waals surface area contributed by atoms with Crippen molar-refractivity contribution < 1.29 is 4.79 Å². The normalized spacial score (nSPS) is 16.4. The molecule has 106 valence electrons. The molecule has 0 spiro atoms. The maximum atomic E-state index is 12.7. The van der Waals surface area contributed by atoms with E-state index in [0.29, 0.717) is 16.5 Å². The number of carbonyl (C=O) groups excluding carboxylic acids is 1. The number of nitrogens with two attached hydrogens (primary N) is 1. The number of halogens is 1. The Kier molecular flexibility index (Phi) is 3.50. The standard InChI is InChI=1S/C15H17BrN2OS/c1-8(9-6-7-9)18(2)15(19)14-13(17)12-10(16)4-3-5-11(12)20-14/h3-5,8-9H,6-7,17H2,1-2H3. The summed E-state index contributed by atoms with van der Waals surface area (Å²) in [6.07, 6.45) is 2.46. The predicted octanol–water partition coefficient (Wildman–Crippen LogP) is 4.12. The third-order valence-corrected chi connectivity index (χ3v) is 5.95. The molecular weight excluding hydrogens is 336 g/mol. The molecule has 1 saturated carbocycles. The van der Waals surface area contributed by atoms with E-state index in [4.69, 9.17) is 5.73 Å². The largest absolute Gasteiger partial charge is 0.397 e. The first kappa shape index (κ1) is 13.9. The van der Waals surface area contributed by atoms with Crippen molar-refractivity contribution in [3.8, 4) is 0 Å². The van der Waals surface area contributed by atoms with E-state index >= 15 is 0 Å². The van der Waals surface area contributed by atoms with Gasteiger partial charge in [0.25, 0.3) is 5.91 Å². The summed E-state index contributed by atoms with van der Waals surface area (Å²) < 4.78 is 1.99. The number of rotatable bonds is 3. The molecule has 2 aromatic rings. The molecule has 0 bridgehead atoms. The van der Waals surface area contributed by atoms with Crippen molar-refractivity contribution in [3.63, 3.8) is 0 Å². The average molecular weight is 353 g/mol. The first-order valence-electron chi connectivity index (χ1n) is 6.74. The minimum absolute atomic E-state index is 0.0370. The van der Waals surface area contributed by atoms with Gasteiger partial charge in [0.05, 0.1) is 5.69 Å². The van der Waals surface area contributed by atoms with Crippen LogP contribution >= 0.6 is 27.3 Å². The van der Waals surface area contributed by atoms with E-state index in [1.807, 2.05) is 30.1 Å². The van der Waals surface area contributed by atoms with Crippen molar-refractivity contribution in [2.24, 2.45) is 5.92 Å². The summed E-state index contributed by atoms with van der Waals surface area (Å²) in [7, 11) is 1.88. The highest BCUT2D eigenvalue weighted by atomic mass is 79.9. The van der Waals surface area contributed by atoms with Crippen molar-refractivity contribution in [2.75, 3.05) is 12.8 Å². The fourth-order valence-electron chi connectivity index (χ4n) is 2.53. The molecule has 2 N–H and O–H groups in total. The number of benzene rings is 1. The Balaban J connectivity index is 1.99. The fraction of sp³-hybridized carbons (Fsp3) is 0.400. The van der Waals surface area contributed by atoms with Gasteiger partial charge in [-0.05, 0) is 37.8 Å². The molecule has 0 saturated heterocycles. The molecule has 1 aliphatic rings. The maximum absolute atomic E-state index is 12.7. The highest BCUT2D eigenvalue weighted by Gasteiger charge is 2.33. The van der Waals surface area contributed by atoms with Gasteiger partial charge in [0.1, 0.15) is 4.88 Å². The molecule has 1 amide bonds. The van der Waals surface area contributed by atoms with Crippen LogP contribution in [0.5, 0.6) is 0 Å². The number of nitrogen functional groups attached to an aromatic ring is 1. The minimum Gasteiger partial charge on any atom is -0.397 e. The van der Waals surface area contributed by atoms with Gasteiger partial charge in [0.15, 0.2) is 0 Å². The van der Waals surface area contributed by atoms with Gasteiger partial charge in [-0.1, -0.05) is 22.0 Å². The van der Waals surface area contributed by atoms with E-state index in [2.05, 4.69) is 22.9 Å². The Hall–Kier alpha value is -1.07. The second-order valence-corrected chi connectivity index (χ2v) is 7.36. The Morgan fingerprint density at radius 2 is 2.20 bits per heavy atom. The van der Waals surface area contributed by atoms with Crippen LogP contribution in [0.3, 0.4) is 0 Å². The van der Waals surface area contributed by atoms with E-state index in [-0.39, 0.29) is 11.9 Å². The molecule has 0 radical (unpaired) electrons. The van der Waals surface area contributed by atoms with Crippen molar-refractivity contribution in [3.05, 3.63) is 27.5 Å². The van der Waals surface area contributed by atoms with Crippen LogP contribution in [0, 0.1) is 5.92 Å². The van der Waals surface area contributed by atoms with Crippen LogP contribution in [0.15, 0.2) is 22.7 Å². The van der Waals surface area contributed by atoms with Gasteiger partial charge in [0.2, 0.25) is 0 Å². The van der Waals surface area contributed by atoms with Crippen LogP contribution in [-0.4, -0.2) is 23.9 Å². The summed E-state index contributed by atoms with van der Waals surface area (Å²) in [6, 6.07) is 6.21.